The minimum atomic E-state index is -1.17. The number of carboxylic acids is 1. The monoisotopic (exact) mass is 243 g/mol. The van der Waals surface area contributed by atoms with E-state index >= 15 is 0 Å². The number of nitrogens with two attached hydrogens (primary N) is 1. The molecular weight excluding hydrogens is 228 g/mol. The molecule has 0 aliphatic rings. The van der Waals surface area contributed by atoms with Gasteiger partial charge in [0.2, 0.25) is 0 Å². The third-order valence-corrected chi connectivity index (χ3v) is 2.99. The Balaban J connectivity index is 3.05. The number of benzene rings is 1. The lowest BCUT2D eigenvalue weighted by Gasteiger charge is -2.26. The van der Waals surface area contributed by atoms with Crippen molar-refractivity contribution >= 4 is 5.97 Å². The first-order valence-corrected chi connectivity index (χ1v) is 5.32. The number of hydrogen-bond donors (Lipinski definition) is 2. The van der Waals surface area contributed by atoms with Crippen LogP contribution >= 0.6 is 0 Å². The zero-order valence-corrected chi connectivity index (χ0v) is 9.54. The second-order valence-electron chi connectivity index (χ2n) is 4.10. The Hall–Kier alpha value is -1.49. The van der Waals surface area contributed by atoms with Crippen LogP contribution in [0.15, 0.2) is 18.2 Å². The van der Waals surface area contributed by atoms with E-state index in [0.29, 0.717) is 12.0 Å². The molecule has 1 rings (SSSR count). The Bertz CT molecular complexity index is 397. The summed E-state index contributed by atoms with van der Waals surface area (Å²) in [5, 5.41) is 9.16. The van der Waals surface area contributed by atoms with Crippen LogP contribution in [0.25, 0.3) is 0 Å². The topological polar surface area (TPSA) is 63.3 Å². The van der Waals surface area contributed by atoms with Crippen molar-refractivity contribution in [3.05, 3.63) is 35.4 Å². The largest absolute Gasteiger partial charge is 0.481 e. The van der Waals surface area contributed by atoms with Crippen LogP contribution in [0.2, 0.25) is 0 Å². The van der Waals surface area contributed by atoms with Gasteiger partial charge in [-0.05, 0) is 30.5 Å². The molecular formula is C12H15F2NO2. The van der Waals surface area contributed by atoms with Crippen molar-refractivity contribution in [1.29, 1.82) is 0 Å². The van der Waals surface area contributed by atoms with Crippen LogP contribution in [0.3, 0.4) is 0 Å². The van der Waals surface area contributed by atoms with Gasteiger partial charge < -0.3 is 10.8 Å². The predicted molar refractivity (Wildman–Crippen MR) is 59.5 cm³/mol. The molecule has 3 N–H and O–H groups in total. The number of rotatable bonds is 5. The van der Waals surface area contributed by atoms with Gasteiger partial charge in [0.15, 0.2) is 0 Å². The number of aliphatic carboxylic acids is 1. The summed E-state index contributed by atoms with van der Waals surface area (Å²) < 4.78 is 26.0. The molecule has 0 fully saturated rings. The quantitative estimate of drug-likeness (QED) is 0.830. The summed E-state index contributed by atoms with van der Waals surface area (Å²) in [5.41, 5.74) is 4.61. The van der Waals surface area contributed by atoms with Crippen LogP contribution < -0.4 is 5.73 Å². The average Bonchev–Trinajstić information content (AvgIpc) is 2.24. The van der Waals surface area contributed by atoms with Crippen LogP contribution in [0.5, 0.6) is 0 Å². The lowest BCUT2D eigenvalue weighted by Crippen LogP contribution is -2.40. The lowest BCUT2D eigenvalue weighted by molar-refractivity contribution is -0.148. The maximum absolute atomic E-state index is 13.0. The van der Waals surface area contributed by atoms with Crippen molar-refractivity contribution in [3.8, 4) is 0 Å². The van der Waals surface area contributed by atoms with Crippen LogP contribution in [0, 0.1) is 17.0 Å². The fourth-order valence-corrected chi connectivity index (χ4v) is 1.76. The van der Waals surface area contributed by atoms with E-state index in [2.05, 4.69) is 0 Å². The fraction of sp³-hybridized carbons (Fsp3) is 0.417. The summed E-state index contributed by atoms with van der Waals surface area (Å²) in [4.78, 5) is 11.2. The van der Waals surface area contributed by atoms with E-state index in [1.807, 2.05) is 0 Å². The molecule has 0 aliphatic heterocycles. The Morgan fingerprint density at radius 3 is 2.24 bits per heavy atom. The van der Waals surface area contributed by atoms with Crippen molar-refractivity contribution < 1.29 is 18.7 Å². The van der Waals surface area contributed by atoms with Crippen LogP contribution in [0.4, 0.5) is 8.78 Å². The maximum atomic E-state index is 13.0. The summed E-state index contributed by atoms with van der Waals surface area (Å²) in [5.74, 6) is -2.48. The van der Waals surface area contributed by atoms with Gasteiger partial charge in [0, 0.05) is 12.6 Å². The highest BCUT2D eigenvalue weighted by molar-refractivity contribution is 5.75. The third kappa shape index (κ3) is 3.00. The Kier molecular flexibility index (Phi) is 4.17. The number of carbonyl (C=O) groups is 1. The van der Waals surface area contributed by atoms with E-state index < -0.39 is 23.0 Å². The smallest absolute Gasteiger partial charge is 0.311 e. The van der Waals surface area contributed by atoms with Gasteiger partial charge in [-0.2, -0.15) is 0 Å². The Labute approximate surface area is 98.2 Å². The zero-order valence-electron chi connectivity index (χ0n) is 9.54. The highest BCUT2D eigenvalue weighted by Gasteiger charge is 2.35. The van der Waals surface area contributed by atoms with Gasteiger partial charge in [-0.25, -0.2) is 8.78 Å². The molecule has 0 heterocycles. The molecule has 3 nitrogen and oxygen atoms in total. The molecule has 1 aromatic carbocycles. The van der Waals surface area contributed by atoms with Gasteiger partial charge in [-0.15, -0.1) is 0 Å². The van der Waals surface area contributed by atoms with Crippen LogP contribution in [0.1, 0.15) is 18.9 Å². The predicted octanol–water partition coefficient (Wildman–Crippen LogP) is 1.95. The fourth-order valence-electron chi connectivity index (χ4n) is 1.76. The summed E-state index contributed by atoms with van der Waals surface area (Å²) in [6.45, 7) is 1.62. The molecule has 0 aliphatic carbocycles. The van der Waals surface area contributed by atoms with Crippen molar-refractivity contribution in [2.75, 3.05) is 6.54 Å². The standard InChI is InChI=1S/C12H15F2NO2/c1-2-12(7-15,11(16)17)6-8-3-9(13)5-10(14)4-8/h3-5H,2,6-7,15H2,1H3,(H,16,17). The SMILES string of the molecule is CCC(CN)(Cc1cc(F)cc(F)c1)C(=O)O. The van der Waals surface area contributed by atoms with Crippen LogP contribution in [-0.2, 0) is 11.2 Å². The normalized spacial score (nSPS) is 14.4. The minimum Gasteiger partial charge on any atom is -0.481 e. The third-order valence-electron chi connectivity index (χ3n) is 2.99. The molecule has 0 bridgehead atoms. The highest BCUT2D eigenvalue weighted by Crippen LogP contribution is 2.27. The minimum absolute atomic E-state index is 0.0179. The van der Waals surface area contributed by atoms with Gasteiger partial charge in [0.1, 0.15) is 11.6 Å². The van der Waals surface area contributed by atoms with Crippen molar-refractivity contribution in [2.24, 2.45) is 11.1 Å². The summed E-state index contributed by atoms with van der Waals surface area (Å²) in [7, 11) is 0. The van der Waals surface area contributed by atoms with Gasteiger partial charge >= 0.3 is 5.97 Å². The van der Waals surface area contributed by atoms with Gasteiger partial charge in [-0.3, -0.25) is 4.79 Å². The molecule has 0 amide bonds. The van der Waals surface area contributed by atoms with Gasteiger partial charge in [0.25, 0.3) is 0 Å². The first-order chi connectivity index (χ1) is 7.93. The second kappa shape index (κ2) is 5.23. The lowest BCUT2D eigenvalue weighted by atomic mass is 9.79. The zero-order chi connectivity index (χ0) is 13.1. The van der Waals surface area contributed by atoms with Crippen LogP contribution in [-0.4, -0.2) is 17.6 Å². The summed E-state index contributed by atoms with van der Waals surface area (Å²) in [6, 6.07) is 3.01. The number of hydrogen-bond acceptors (Lipinski definition) is 2. The molecule has 0 aromatic heterocycles. The first kappa shape index (κ1) is 13.6. The van der Waals surface area contributed by atoms with Gasteiger partial charge in [-0.1, -0.05) is 6.92 Å². The van der Waals surface area contributed by atoms with E-state index in [0.717, 1.165) is 18.2 Å². The number of halogens is 2. The van der Waals surface area contributed by atoms with Gasteiger partial charge in [0.05, 0.1) is 5.41 Å². The van der Waals surface area contributed by atoms with E-state index in [-0.39, 0.29) is 13.0 Å². The Morgan fingerprint density at radius 1 is 1.35 bits per heavy atom. The molecule has 94 valence electrons. The molecule has 0 saturated carbocycles. The molecule has 17 heavy (non-hydrogen) atoms. The Morgan fingerprint density at radius 2 is 1.88 bits per heavy atom. The highest BCUT2D eigenvalue weighted by atomic mass is 19.1. The maximum Gasteiger partial charge on any atom is 0.311 e. The van der Waals surface area contributed by atoms with Crippen molar-refractivity contribution in [2.45, 2.75) is 19.8 Å². The first-order valence-electron chi connectivity index (χ1n) is 5.32. The molecule has 0 saturated heterocycles. The number of carboxylic acid groups (broad SMARTS) is 1. The van der Waals surface area contributed by atoms with E-state index in [4.69, 9.17) is 10.8 Å². The molecule has 1 aromatic rings. The molecule has 1 atom stereocenters. The molecule has 5 heteroatoms. The molecule has 1 unspecified atom stereocenters. The second-order valence-corrected chi connectivity index (χ2v) is 4.10. The molecule has 0 radical (unpaired) electrons. The average molecular weight is 243 g/mol. The van der Waals surface area contributed by atoms with E-state index in [9.17, 15) is 13.6 Å². The molecule has 0 spiro atoms. The summed E-state index contributed by atoms with van der Waals surface area (Å²) >= 11 is 0. The van der Waals surface area contributed by atoms with Crippen molar-refractivity contribution in [1.82, 2.24) is 0 Å². The van der Waals surface area contributed by atoms with E-state index in [1.54, 1.807) is 6.92 Å². The van der Waals surface area contributed by atoms with E-state index in [1.165, 1.54) is 0 Å². The van der Waals surface area contributed by atoms with Crippen molar-refractivity contribution in [3.63, 3.8) is 0 Å². The summed E-state index contributed by atoms with van der Waals surface area (Å²) in [6.07, 6.45) is 0.320.